The monoisotopic (exact) mass is 305 g/mol. The second kappa shape index (κ2) is 6.24. The fourth-order valence-corrected chi connectivity index (χ4v) is 2.22. The standard InChI is InChI=1S/C18H15N3O2/c1-3-11-19-18(22)15-12-21(14-7-5-4-6-8-14)20-17(15)16-10-9-13(2)23-16/h1,4-10,12H,11H2,2H3,(H,19,22). The fourth-order valence-electron chi connectivity index (χ4n) is 2.22. The van der Waals surface area contributed by atoms with Gasteiger partial charge in [0.2, 0.25) is 0 Å². The van der Waals surface area contributed by atoms with Crippen LogP contribution in [0.5, 0.6) is 0 Å². The summed E-state index contributed by atoms with van der Waals surface area (Å²) in [6.45, 7) is 2.00. The number of terminal acetylenes is 1. The van der Waals surface area contributed by atoms with Crippen LogP contribution in [0.4, 0.5) is 0 Å². The molecule has 23 heavy (non-hydrogen) atoms. The van der Waals surface area contributed by atoms with Crippen LogP contribution in [0, 0.1) is 19.3 Å². The Balaban J connectivity index is 2.07. The van der Waals surface area contributed by atoms with Crippen LogP contribution in [0.3, 0.4) is 0 Å². The van der Waals surface area contributed by atoms with Gasteiger partial charge in [-0.1, -0.05) is 24.1 Å². The summed E-state index contributed by atoms with van der Waals surface area (Å²) in [4.78, 5) is 12.3. The largest absolute Gasteiger partial charge is 0.460 e. The van der Waals surface area contributed by atoms with Gasteiger partial charge in [0.15, 0.2) is 5.76 Å². The first-order valence-electron chi connectivity index (χ1n) is 7.12. The number of hydrogen-bond donors (Lipinski definition) is 1. The molecule has 2 aromatic heterocycles. The molecule has 0 aliphatic rings. The summed E-state index contributed by atoms with van der Waals surface area (Å²) in [5.41, 5.74) is 1.75. The number of aryl methyl sites for hydroxylation is 1. The highest BCUT2D eigenvalue weighted by Gasteiger charge is 2.20. The zero-order valence-electron chi connectivity index (χ0n) is 12.6. The first-order valence-corrected chi connectivity index (χ1v) is 7.12. The molecule has 0 fully saturated rings. The van der Waals surface area contributed by atoms with Gasteiger partial charge >= 0.3 is 0 Å². The van der Waals surface area contributed by atoms with Crippen LogP contribution in [-0.4, -0.2) is 22.2 Å². The Bertz CT molecular complexity index is 869. The number of hydrogen-bond acceptors (Lipinski definition) is 3. The molecule has 0 saturated carbocycles. The molecule has 1 amide bonds. The third-order valence-corrected chi connectivity index (χ3v) is 3.30. The molecule has 0 atom stereocenters. The summed E-state index contributed by atoms with van der Waals surface area (Å²) < 4.78 is 7.27. The van der Waals surface area contributed by atoms with E-state index in [0.717, 1.165) is 11.4 Å². The predicted molar refractivity (Wildman–Crippen MR) is 87.2 cm³/mol. The van der Waals surface area contributed by atoms with E-state index in [-0.39, 0.29) is 12.5 Å². The number of aromatic nitrogens is 2. The minimum Gasteiger partial charge on any atom is -0.460 e. The van der Waals surface area contributed by atoms with Crippen molar-refractivity contribution >= 4 is 5.91 Å². The molecule has 0 spiro atoms. The Morgan fingerprint density at radius 3 is 2.74 bits per heavy atom. The molecule has 1 aromatic carbocycles. The smallest absolute Gasteiger partial charge is 0.256 e. The molecule has 3 aromatic rings. The Morgan fingerprint density at radius 1 is 1.30 bits per heavy atom. The Hall–Kier alpha value is -3.26. The first-order chi connectivity index (χ1) is 11.2. The van der Waals surface area contributed by atoms with Gasteiger partial charge in [-0.25, -0.2) is 4.68 Å². The van der Waals surface area contributed by atoms with Crippen LogP contribution in [0.2, 0.25) is 0 Å². The summed E-state index contributed by atoms with van der Waals surface area (Å²) in [6, 6.07) is 13.2. The van der Waals surface area contributed by atoms with Crippen LogP contribution >= 0.6 is 0 Å². The van der Waals surface area contributed by atoms with Gasteiger partial charge in [-0.2, -0.15) is 5.10 Å². The number of nitrogens with one attached hydrogen (secondary N) is 1. The molecule has 5 nitrogen and oxygen atoms in total. The molecule has 0 bridgehead atoms. The number of para-hydroxylation sites is 1. The van der Waals surface area contributed by atoms with Gasteiger partial charge in [0.1, 0.15) is 11.5 Å². The molecular weight excluding hydrogens is 290 g/mol. The number of amides is 1. The van der Waals surface area contributed by atoms with Gasteiger partial charge in [0.05, 0.1) is 17.8 Å². The van der Waals surface area contributed by atoms with E-state index in [2.05, 4.69) is 16.3 Å². The van der Waals surface area contributed by atoms with E-state index in [0.29, 0.717) is 17.0 Å². The second-order valence-corrected chi connectivity index (χ2v) is 4.97. The van der Waals surface area contributed by atoms with Gasteiger partial charge < -0.3 is 9.73 Å². The average molecular weight is 305 g/mol. The van der Waals surface area contributed by atoms with E-state index in [1.165, 1.54) is 0 Å². The molecule has 2 heterocycles. The van der Waals surface area contributed by atoms with E-state index in [1.54, 1.807) is 16.9 Å². The minimum atomic E-state index is -0.283. The molecule has 1 N–H and O–H groups in total. The van der Waals surface area contributed by atoms with Crippen molar-refractivity contribution in [1.82, 2.24) is 15.1 Å². The van der Waals surface area contributed by atoms with Crippen LogP contribution in [0.15, 0.2) is 53.1 Å². The maximum absolute atomic E-state index is 12.3. The third-order valence-electron chi connectivity index (χ3n) is 3.30. The maximum atomic E-state index is 12.3. The summed E-state index contributed by atoms with van der Waals surface area (Å²) in [6.07, 6.45) is 6.87. The zero-order valence-corrected chi connectivity index (χ0v) is 12.6. The summed E-state index contributed by atoms with van der Waals surface area (Å²) in [5, 5.41) is 7.16. The molecule has 0 radical (unpaired) electrons. The Kier molecular flexibility index (Phi) is 3.98. The highest BCUT2D eigenvalue weighted by atomic mass is 16.3. The van der Waals surface area contributed by atoms with Crippen molar-refractivity contribution in [2.45, 2.75) is 6.92 Å². The van der Waals surface area contributed by atoms with Crippen molar-refractivity contribution in [2.24, 2.45) is 0 Å². The van der Waals surface area contributed by atoms with E-state index in [9.17, 15) is 4.79 Å². The molecule has 0 aliphatic heterocycles. The molecule has 0 unspecified atom stereocenters. The maximum Gasteiger partial charge on any atom is 0.256 e. The van der Waals surface area contributed by atoms with Crippen molar-refractivity contribution in [2.75, 3.05) is 6.54 Å². The fraction of sp³-hybridized carbons (Fsp3) is 0.111. The number of carbonyl (C=O) groups is 1. The van der Waals surface area contributed by atoms with Crippen molar-refractivity contribution in [3.8, 4) is 29.5 Å². The van der Waals surface area contributed by atoms with Gasteiger partial charge in [0.25, 0.3) is 5.91 Å². The average Bonchev–Trinajstić information content (AvgIpc) is 3.19. The van der Waals surface area contributed by atoms with Crippen molar-refractivity contribution in [1.29, 1.82) is 0 Å². The quantitative estimate of drug-likeness (QED) is 0.754. The summed E-state index contributed by atoms with van der Waals surface area (Å²) in [7, 11) is 0. The van der Waals surface area contributed by atoms with Crippen molar-refractivity contribution < 1.29 is 9.21 Å². The van der Waals surface area contributed by atoms with E-state index in [4.69, 9.17) is 10.8 Å². The lowest BCUT2D eigenvalue weighted by Crippen LogP contribution is -2.23. The van der Waals surface area contributed by atoms with Gasteiger partial charge in [-0.05, 0) is 31.2 Å². The summed E-state index contributed by atoms with van der Waals surface area (Å²) >= 11 is 0. The van der Waals surface area contributed by atoms with Crippen LogP contribution in [-0.2, 0) is 0 Å². The van der Waals surface area contributed by atoms with Crippen LogP contribution < -0.4 is 5.32 Å². The summed E-state index contributed by atoms with van der Waals surface area (Å²) in [5.74, 6) is 3.40. The Morgan fingerprint density at radius 2 is 2.09 bits per heavy atom. The lowest BCUT2D eigenvalue weighted by molar-refractivity contribution is 0.0959. The van der Waals surface area contributed by atoms with Gasteiger partial charge in [-0.15, -0.1) is 6.42 Å². The topological polar surface area (TPSA) is 60.1 Å². The normalized spacial score (nSPS) is 10.3. The van der Waals surface area contributed by atoms with E-state index in [1.807, 2.05) is 43.3 Å². The predicted octanol–water partition coefficient (Wildman–Crippen LogP) is 2.80. The first kappa shape index (κ1) is 14.7. The molecule has 5 heteroatoms. The Labute approximate surface area is 133 Å². The number of furan rings is 1. The number of rotatable bonds is 4. The highest BCUT2D eigenvalue weighted by molar-refractivity contribution is 5.99. The van der Waals surface area contributed by atoms with Crippen LogP contribution in [0.1, 0.15) is 16.1 Å². The zero-order chi connectivity index (χ0) is 16.2. The molecular formula is C18H15N3O2. The van der Waals surface area contributed by atoms with Crippen molar-refractivity contribution in [3.63, 3.8) is 0 Å². The van der Waals surface area contributed by atoms with E-state index < -0.39 is 0 Å². The van der Waals surface area contributed by atoms with Gasteiger partial charge in [-0.3, -0.25) is 4.79 Å². The molecule has 114 valence electrons. The lowest BCUT2D eigenvalue weighted by Gasteiger charge is -2.00. The number of nitrogens with zero attached hydrogens (tertiary/aromatic N) is 2. The SMILES string of the molecule is C#CCNC(=O)c1cn(-c2ccccc2)nc1-c1ccc(C)o1. The highest BCUT2D eigenvalue weighted by Crippen LogP contribution is 2.25. The number of carbonyl (C=O) groups excluding carboxylic acids is 1. The van der Waals surface area contributed by atoms with Crippen LogP contribution in [0.25, 0.3) is 17.1 Å². The molecule has 3 rings (SSSR count). The molecule has 0 aliphatic carbocycles. The minimum absolute atomic E-state index is 0.159. The molecule has 0 saturated heterocycles. The van der Waals surface area contributed by atoms with Crippen molar-refractivity contribution in [3.05, 3.63) is 60.0 Å². The third kappa shape index (κ3) is 3.01. The lowest BCUT2D eigenvalue weighted by atomic mass is 10.2. The van der Waals surface area contributed by atoms with E-state index >= 15 is 0 Å². The van der Waals surface area contributed by atoms with Gasteiger partial charge in [0, 0.05) is 6.20 Å². The number of benzene rings is 1. The second-order valence-electron chi connectivity index (χ2n) is 4.97.